The zero-order valence-electron chi connectivity index (χ0n) is 15.2. The van der Waals surface area contributed by atoms with Crippen LogP contribution in [0.2, 0.25) is 5.02 Å². The van der Waals surface area contributed by atoms with Crippen LogP contribution in [0.5, 0.6) is 0 Å². The Morgan fingerprint density at radius 2 is 1.78 bits per heavy atom. The fraction of sp³-hybridized carbons (Fsp3) is 0.500. The van der Waals surface area contributed by atoms with E-state index in [9.17, 15) is 14.4 Å². The SMILES string of the molecule is CCN1CCN(CC(=O)Nc2ccc(N3CCOCC3)c(Cl)c2)C(=O)C1=O. The molecular formula is C18H23ClN4O4. The van der Waals surface area contributed by atoms with E-state index in [1.165, 1.54) is 9.80 Å². The van der Waals surface area contributed by atoms with Crippen LogP contribution in [0.3, 0.4) is 0 Å². The molecule has 2 aliphatic heterocycles. The van der Waals surface area contributed by atoms with Crippen molar-refractivity contribution in [2.75, 3.05) is 62.7 Å². The van der Waals surface area contributed by atoms with Gasteiger partial charge in [-0.15, -0.1) is 0 Å². The highest BCUT2D eigenvalue weighted by Crippen LogP contribution is 2.29. The summed E-state index contributed by atoms with van der Waals surface area (Å²) in [6, 6.07) is 5.32. The van der Waals surface area contributed by atoms with Gasteiger partial charge in [-0.25, -0.2) is 0 Å². The molecule has 9 heteroatoms. The number of nitrogens with one attached hydrogen (secondary N) is 1. The van der Waals surface area contributed by atoms with Gasteiger partial charge in [-0.3, -0.25) is 14.4 Å². The third-order valence-corrected chi connectivity index (χ3v) is 5.00. The fourth-order valence-electron chi connectivity index (χ4n) is 3.19. The number of carbonyl (C=O) groups excluding carboxylic acids is 3. The van der Waals surface area contributed by atoms with Crippen molar-refractivity contribution < 1.29 is 19.1 Å². The van der Waals surface area contributed by atoms with Gasteiger partial charge in [-0.2, -0.15) is 0 Å². The Balaban J connectivity index is 1.58. The van der Waals surface area contributed by atoms with Crippen LogP contribution in [-0.2, 0) is 19.1 Å². The van der Waals surface area contributed by atoms with Crippen molar-refractivity contribution >= 4 is 40.7 Å². The molecule has 0 spiro atoms. The number of piperazine rings is 1. The highest BCUT2D eigenvalue weighted by atomic mass is 35.5. The molecule has 3 rings (SSSR count). The van der Waals surface area contributed by atoms with Gasteiger partial charge in [0.1, 0.15) is 6.54 Å². The molecule has 0 unspecified atom stereocenters. The van der Waals surface area contributed by atoms with E-state index in [1.807, 2.05) is 13.0 Å². The highest BCUT2D eigenvalue weighted by Gasteiger charge is 2.32. The van der Waals surface area contributed by atoms with Crippen LogP contribution in [0.4, 0.5) is 11.4 Å². The van der Waals surface area contributed by atoms with Crippen molar-refractivity contribution in [2.45, 2.75) is 6.92 Å². The van der Waals surface area contributed by atoms with Gasteiger partial charge in [-0.05, 0) is 25.1 Å². The molecule has 1 aromatic carbocycles. The minimum absolute atomic E-state index is 0.162. The van der Waals surface area contributed by atoms with Crippen LogP contribution in [0.15, 0.2) is 18.2 Å². The number of likely N-dealkylation sites (N-methyl/N-ethyl adjacent to an activating group) is 1. The number of carbonyl (C=O) groups is 3. The first-order chi connectivity index (χ1) is 13.0. The second kappa shape index (κ2) is 8.58. The second-order valence-corrected chi connectivity index (χ2v) is 6.83. The quantitative estimate of drug-likeness (QED) is 0.747. The molecule has 2 heterocycles. The third kappa shape index (κ3) is 4.51. The van der Waals surface area contributed by atoms with E-state index < -0.39 is 11.8 Å². The lowest BCUT2D eigenvalue weighted by Gasteiger charge is -2.32. The van der Waals surface area contributed by atoms with Gasteiger partial charge in [0.15, 0.2) is 0 Å². The predicted molar refractivity (Wildman–Crippen MR) is 102 cm³/mol. The molecule has 2 aliphatic rings. The number of hydrogen-bond donors (Lipinski definition) is 1. The van der Waals surface area contributed by atoms with Gasteiger partial charge in [0, 0.05) is 38.4 Å². The van der Waals surface area contributed by atoms with E-state index in [4.69, 9.17) is 16.3 Å². The van der Waals surface area contributed by atoms with Crippen molar-refractivity contribution in [3.63, 3.8) is 0 Å². The van der Waals surface area contributed by atoms with Gasteiger partial charge in [0.25, 0.3) is 0 Å². The zero-order chi connectivity index (χ0) is 19.4. The summed E-state index contributed by atoms with van der Waals surface area (Å²) >= 11 is 6.36. The fourth-order valence-corrected chi connectivity index (χ4v) is 3.49. The molecule has 1 N–H and O–H groups in total. The first kappa shape index (κ1) is 19.4. The van der Waals surface area contributed by atoms with Crippen molar-refractivity contribution in [2.24, 2.45) is 0 Å². The number of ether oxygens (including phenoxy) is 1. The lowest BCUT2D eigenvalue weighted by atomic mass is 10.2. The van der Waals surface area contributed by atoms with Crippen molar-refractivity contribution in [1.82, 2.24) is 9.80 Å². The molecule has 0 radical (unpaired) electrons. The maximum absolute atomic E-state index is 12.3. The van der Waals surface area contributed by atoms with Crippen LogP contribution in [0.1, 0.15) is 6.92 Å². The topological polar surface area (TPSA) is 82.2 Å². The average Bonchev–Trinajstić information content (AvgIpc) is 2.66. The van der Waals surface area contributed by atoms with E-state index in [-0.39, 0.29) is 12.5 Å². The number of rotatable bonds is 5. The molecule has 2 fully saturated rings. The summed E-state index contributed by atoms with van der Waals surface area (Å²) in [5.74, 6) is -1.57. The third-order valence-electron chi connectivity index (χ3n) is 4.70. The highest BCUT2D eigenvalue weighted by molar-refractivity contribution is 6.35. The second-order valence-electron chi connectivity index (χ2n) is 6.43. The Morgan fingerprint density at radius 1 is 1.11 bits per heavy atom. The molecule has 27 heavy (non-hydrogen) atoms. The Morgan fingerprint density at radius 3 is 2.44 bits per heavy atom. The number of anilines is 2. The van der Waals surface area contributed by atoms with E-state index in [2.05, 4.69) is 10.2 Å². The Hall–Kier alpha value is -2.32. The van der Waals surface area contributed by atoms with Crippen LogP contribution in [0, 0.1) is 0 Å². The summed E-state index contributed by atoms with van der Waals surface area (Å²) in [4.78, 5) is 41.1. The first-order valence-electron chi connectivity index (χ1n) is 9.00. The smallest absolute Gasteiger partial charge is 0.312 e. The number of hydrogen-bond acceptors (Lipinski definition) is 5. The maximum Gasteiger partial charge on any atom is 0.312 e. The van der Waals surface area contributed by atoms with Crippen molar-refractivity contribution in [1.29, 1.82) is 0 Å². The molecule has 146 valence electrons. The van der Waals surface area contributed by atoms with Gasteiger partial charge in [-0.1, -0.05) is 11.6 Å². The summed E-state index contributed by atoms with van der Waals surface area (Å²) in [7, 11) is 0. The molecule has 0 saturated carbocycles. The molecule has 0 atom stereocenters. The number of halogens is 1. The van der Waals surface area contributed by atoms with E-state index in [1.54, 1.807) is 12.1 Å². The Labute approximate surface area is 163 Å². The lowest BCUT2D eigenvalue weighted by molar-refractivity contribution is -0.156. The Bertz CT molecular complexity index is 736. The molecule has 0 aliphatic carbocycles. The normalized spacial score (nSPS) is 18.1. The monoisotopic (exact) mass is 394 g/mol. The summed E-state index contributed by atoms with van der Waals surface area (Å²) in [6.07, 6.45) is 0. The standard InChI is InChI=1S/C18H23ClN4O4/c1-2-21-5-6-23(18(26)17(21)25)12-16(24)20-13-3-4-15(14(19)11-13)22-7-9-27-10-8-22/h3-4,11H,2,5-10,12H2,1H3,(H,20,24). The minimum atomic E-state index is -0.640. The largest absolute Gasteiger partial charge is 0.378 e. The average molecular weight is 395 g/mol. The van der Waals surface area contributed by atoms with E-state index in [0.717, 1.165) is 18.8 Å². The lowest BCUT2D eigenvalue weighted by Crippen LogP contribution is -2.55. The van der Waals surface area contributed by atoms with Crippen LogP contribution in [-0.4, -0.2) is 80.0 Å². The Kier molecular flexibility index (Phi) is 6.18. The summed E-state index contributed by atoms with van der Waals surface area (Å²) in [6.45, 7) is 5.79. The van der Waals surface area contributed by atoms with Crippen LogP contribution >= 0.6 is 11.6 Å². The number of amides is 3. The number of benzene rings is 1. The van der Waals surface area contributed by atoms with E-state index >= 15 is 0 Å². The van der Waals surface area contributed by atoms with Crippen LogP contribution in [0.25, 0.3) is 0 Å². The molecule has 2 saturated heterocycles. The molecule has 0 aromatic heterocycles. The van der Waals surface area contributed by atoms with Crippen molar-refractivity contribution in [3.8, 4) is 0 Å². The summed E-state index contributed by atoms with van der Waals surface area (Å²) in [5, 5.41) is 3.27. The van der Waals surface area contributed by atoms with Crippen LogP contribution < -0.4 is 10.2 Å². The number of morpholine rings is 1. The van der Waals surface area contributed by atoms with Gasteiger partial charge >= 0.3 is 11.8 Å². The summed E-state index contributed by atoms with van der Waals surface area (Å²) < 4.78 is 5.34. The van der Waals surface area contributed by atoms with Gasteiger partial charge < -0.3 is 24.8 Å². The zero-order valence-corrected chi connectivity index (χ0v) is 16.0. The molecule has 8 nitrogen and oxygen atoms in total. The first-order valence-corrected chi connectivity index (χ1v) is 9.37. The number of nitrogens with zero attached hydrogens (tertiary/aromatic N) is 3. The molecule has 3 amide bonds. The molecule has 0 bridgehead atoms. The van der Waals surface area contributed by atoms with Gasteiger partial charge in [0.05, 0.1) is 23.9 Å². The maximum atomic E-state index is 12.3. The molecule has 1 aromatic rings. The molecular weight excluding hydrogens is 372 g/mol. The van der Waals surface area contributed by atoms with E-state index in [0.29, 0.717) is 43.6 Å². The van der Waals surface area contributed by atoms with Gasteiger partial charge in [0.2, 0.25) is 5.91 Å². The predicted octanol–water partition coefficient (Wildman–Crippen LogP) is 0.806. The summed E-state index contributed by atoms with van der Waals surface area (Å²) in [5.41, 5.74) is 1.45. The van der Waals surface area contributed by atoms with Crippen molar-refractivity contribution in [3.05, 3.63) is 23.2 Å². The minimum Gasteiger partial charge on any atom is -0.378 e.